The normalized spacial score (nSPS) is 10.2. The zero-order chi connectivity index (χ0) is 16.8. The molecule has 0 amide bonds. The monoisotopic (exact) mass is 320 g/mol. The highest BCUT2D eigenvalue weighted by molar-refractivity contribution is 5.71. The summed E-state index contributed by atoms with van der Waals surface area (Å²) in [6, 6.07) is 7.00. The molecule has 0 unspecified atom stereocenters. The highest BCUT2D eigenvalue weighted by atomic mass is 16.6. The highest BCUT2D eigenvalue weighted by Gasteiger charge is 2.22. The number of anilines is 4. The first kappa shape index (κ1) is 16.2. The number of aliphatic hydroxyl groups is 1. The van der Waals surface area contributed by atoms with Gasteiger partial charge in [-0.3, -0.25) is 10.1 Å². The SMILES string of the molecule is COc1cccc(Nc2nc(N)c([N+](=O)[O-])c(NCCO)n2)c1. The Hall–Kier alpha value is -3.14. The zero-order valence-electron chi connectivity index (χ0n) is 12.3. The third-order valence-electron chi connectivity index (χ3n) is 2.82. The molecule has 2 rings (SSSR count). The van der Waals surface area contributed by atoms with Gasteiger partial charge >= 0.3 is 5.69 Å². The van der Waals surface area contributed by atoms with Crippen molar-refractivity contribution in [3.05, 3.63) is 34.4 Å². The predicted octanol–water partition coefficient (Wildman–Crippen LogP) is 1.12. The third kappa shape index (κ3) is 3.95. The second-order valence-electron chi connectivity index (χ2n) is 4.39. The lowest BCUT2D eigenvalue weighted by Crippen LogP contribution is -2.13. The van der Waals surface area contributed by atoms with Gasteiger partial charge in [0.25, 0.3) is 0 Å². The summed E-state index contributed by atoms with van der Waals surface area (Å²) in [5, 5.41) is 25.5. The minimum Gasteiger partial charge on any atom is -0.497 e. The number of nitrogen functional groups attached to an aromatic ring is 1. The molecule has 0 saturated carbocycles. The fourth-order valence-electron chi connectivity index (χ4n) is 1.84. The van der Waals surface area contributed by atoms with Gasteiger partial charge in [0.1, 0.15) is 5.75 Å². The van der Waals surface area contributed by atoms with Crippen molar-refractivity contribution in [1.82, 2.24) is 9.97 Å². The van der Waals surface area contributed by atoms with E-state index in [9.17, 15) is 10.1 Å². The van der Waals surface area contributed by atoms with Crippen LogP contribution in [0, 0.1) is 10.1 Å². The van der Waals surface area contributed by atoms with Crippen LogP contribution in [0.4, 0.5) is 29.0 Å². The van der Waals surface area contributed by atoms with Crippen LogP contribution in [0.3, 0.4) is 0 Å². The second-order valence-corrected chi connectivity index (χ2v) is 4.39. The van der Waals surface area contributed by atoms with E-state index in [1.807, 2.05) is 0 Å². The summed E-state index contributed by atoms with van der Waals surface area (Å²) >= 11 is 0. The molecule has 1 heterocycles. The molecule has 10 heteroatoms. The third-order valence-corrected chi connectivity index (χ3v) is 2.82. The number of aromatic nitrogens is 2. The van der Waals surface area contributed by atoms with E-state index in [0.29, 0.717) is 11.4 Å². The Morgan fingerprint density at radius 2 is 2.22 bits per heavy atom. The Morgan fingerprint density at radius 3 is 2.87 bits per heavy atom. The molecule has 0 saturated heterocycles. The van der Waals surface area contributed by atoms with E-state index in [1.54, 1.807) is 24.3 Å². The number of nitrogens with two attached hydrogens (primary N) is 1. The summed E-state index contributed by atoms with van der Waals surface area (Å²) in [7, 11) is 1.54. The predicted molar refractivity (Wildman–Crippen MR) is 85.0 cm³/mol. The molecule has 0 fully saturated rings. The summed E-state index contributed by atoms with van der Waals surface area (Å²) in [4.78, 5) is 18.3. The fourth-order valence-corrected chi connectivity index (χ4v) is 1.84. The first-order chi connectivity index (χ1) is 11.0. The summed E-state index contributed by atoms with van der Waals surface area (Å²) in [5.41, 5.74) is 5.84. The van der Waals surface area contributed by atoms with E-state index in [1.165, 1.54) is 7.11 Å². The summed E-state index contributed by atoms with van der Waals surface area (Å²) in [5.74, 6) is 0.364. The van der Waals surface area contributed by atoms with Crippen LogP contribution in [-0.2, 0) is 0 Å². The van der Waals surface area contributed by atoms with Crippen molar-refractivity contribution >= 4 is 29.0 Å². The summed E-state index contributed by atoms with van der Waals surface area (Å²) < 4.78 is 5.11. The van der Waals surface area contributed by atoms with Crippen LogP contribution in [0.25, 0.3) is 0 Å². The van der Waals surface area contributed by atoms with Crippen molar-refractivity contribution in [2.24, 2.45) is 0 Å². The minimum atomic E-state index is -0.676. The van der Waals surface area contributed by atoms with Gasteiger partial charge in [-0.2, -0.15) is 9.97 Å². The van der Waals surface area contributed by atoms with Crippen molar-refractivity contribution in [3.63, 3.8) is 0 Å². The maximum absolute atomic E-state index is 11.1. The highest BCUT2D eigenvalue weighted by Crippen LogP contribution is 2.30. The van der Waals surface area contributed by atoms with Crippen LogP contribution < -0.4 is 21.1 Å². The molecular formula is C13H16N6O4. The molecule has 0 bridgehead atoms. The molecule has 122 valence electrons. The van der Waals surface area contributed by atoms with Gasteiger partial charge < -0.3 is 26.2 Å². The molecule has 0 radical (unpaired) electrons. The van der Waals surface area contributed by atoms with Crippen LogP contribution in [0.2, 0.25) is 0 Å². The molecule has 0 aliphatic heterocycles. The molecule has 0 atom stereocenters. The maximum Gasteiger partial charge on any atom is 0.353 e. The first-order valence-corrected chi connectivity index (χ1v) is 6.63. The number of benzene rings is 1. The smallest absolute Gasteiger partial charge is 0.353 e. The van der Waals surface area contributed by atoms with Crippen LogP contribution >= 0.6 is 0 Å². The maximum atomic E-state index is 11.1. The van der Waals surface area contributed by atoms with Gasteiger partial charge in [0, 0.05) is 18.3 Å². The molecule has 0 aliphatic rings. The zero-order valence-corrected chi connectivity index (χ0v) is 12.3. The summed E-state index contributed by atoms with van der Waals surface area (Å²) in [6.45, 7) is -0.115. The van der Waals surface area contributed by atoms with Crippen LogP contribution in [0.15, 0.2) is 24.3 Å². The van der Waals surface area contributed by atoms with Gasteiger partial charge in [-0.25, -0.2) is 0 Å². The summed E-state index contributed by atoms with van der Waals surface area (Å²) in [6.07, 6.45) is 0. The number of hydrogen-bond donors (Lipinski definition) is 4. The molecule has 0 aliphatic carbocycles. The van der Waals surface area contributed by atoms with E-state index in [0.717, 1.165) is 0 Å². The molecule has 10 nitrogen and oxygen atoms in total. The Balaban J connectivity index is 2.35. The Kier molecular flexibility index (Phi) is 5.10. The van der Waals surface area contributed by atoms with Crippen molar-refractivity contribution in [2.75, 3.05) is 36.6 Å². The van der Waals surface area contributed by atoms with E-state index in [2.05, 4.69) is 20.6 Å². The average Bonchev–Trinajstić information content (AvgIpc) is 2.52. The largest absolute Gasteiger partial charge is 0.497 e. The molecule has 2 aromatic rings. The first-order valence-electron chi connectivity index (χ1n) is 6.63. The number of nitrogens with zero attached hydrogens (tertiary/aromatic N) is 3. The van der Waals surface area contributed by atoms with Gasteiger partial charge in [0.05, 0.1) is 18.6 Å². The molecular weight excluding hydrogens is 304 g/mol. The Bertz CT molecular complexity index is 709. The fraction of sp³-hybridized carbons (Fsp3) is 0.231. The second kappa shape index (κ2) is 7.22. The van der Waals surface area contributed by atoms with Crippen LogP contribution in [-0.4, -0.2) is 40.3 Å². The number of nitrogens with one attached hydrogen (secondary N) is 2. The lowest BCUT2D eigenvalue weighted by atomic mass is 10.3. The number of aliphatic hydroxyl groups excluding tert-OH is 1. The van der Waals surface area contributed by atoms with Crippen molar-refractivity contribution in [3.8, 4) is 5.75 Å². The minimum absolute atomic E-state index is 0.0676. The van der Waals surface area contributed by atoms with E-state index >= 15 is 0 Å². The molecule has 1 aromatic carbocycles. The Morgan fingerprint density at radius 1 is 1.43 bits per heavy atom. The molecule has 23 heavy (non-hydrogen) atoms. The quantitative estimate of drug-likeness (QED) is 0.435. The lowest BCUT2D eigenvalue weighted by molar-refractivity contribution is -0.383. The van der Waals surface area contributed by atoms with Gasteiger partial charge in [-0.15, -0.1) is 0 Å². The van der Waals surface area contributed by atoms with Crippen molar-refractivity contribution in [1.29, 1.82) is 0 Å². The molecule has 0 spiro atoms. The molecule has 5 N–H and O–H groups in total. The lowest BCUT2D eigenvalue weighted by Gasteiger charge is -2.10. The van der Waals surface area contributed by atoms with Gasteiger partial charge in [0.15, 0.2) is 0 Å². The Labute approximate surface area is 131 Å². The number of ether oxygens (including phenoxy) is 1. The van der Waals surface area contributed by atoms with Crippen molar-refractivity contribution in [2.45, 2.75) is 0 Å². The van der Waals surface area contributed by atoms with Gasteiger partial charge in [0.2, 0.25) is 17.6 Å². The van der Waals surface area contributed by atoms with Crippen LogP contribution in [0.1, 0.15) is 0 Å². The van der Waals surface area contributed by atoms with Gasteiger partial charge in [-0.05, 0) is 12.1 Å². The number of hydrogen-bond acceptors (Lipinski definition) is 9. The number of nitro groups is 1. The number of rotatable bonds is 7. The van der Waals surface area contributed by atoms with Crippen molar-refractivity contribution < 1.29 is 14.8 Å². The standard InChI is InChI=1S/C13H16N6O4/c1-23-9-4-2-3-8(7-9)16-13-17-11(14)10(19(21)22)12(18-13)15-5-6-20/h2-4,7,20H,5-6H2,1H3,(H4,14,15,16,17,18). The van der Waals surface area contributed by atoms with Crippen LogP contribution in [0.5, 0.6) is 5.75 Å². The number of methoxy groups -OCH3 is 1. The molecule has 1 aromatic heterocycles. The van der Waals surface area contributed by atoms with Gasteiger partial charge in [-0.1, -0.05) is 6.07 Å². The van der Waals surface area contributed by atoms with E-state index in [4.69, 9.17) is 15.6 Å². The topological polar surface area (TPSA) is 148 Å². The average molecular weight is 320 g/mol. The van der Waals surface area contributed by atoms with E-state index < -0.39 is 10.6 Å². The van der Waals surface area contributed by atoms with E-state index in [-0.39, 0.29) is 30.7 Å².